The van der Waals surface area contributed by atoms with E-state index in [-0.39, 0.29) is 0 Å². The average Bonchev–Trinajstić information content (AvgIpc) is 3.11. The second-order valence-corrected chi connectivity index (χ2v) is 7.51. The summed E-state index contributed by atoms with van der Waals surface area (Å²) in [6.45, 7) is 8.25. The summed E-state index contributed by atoms with van der Waals surface area (Å²) in [5.74, 6) is 0. The summed E-state index contributed by atoms with van der Waals surface area (Å²) >= 11 is 0. The molecule has 2 rings (SSSR count). The first kappa shape index (κ1) is 17.6. The molecule has 0 amide bonds. The SMILES string of the molecule is CCCCCCC(C)(CCCCCC)c1cnn2c1CCC2. The molecule has 0 saturated carbocycles. The van der Waals surface area contributed by atoms with Crippen molar-refractivity contribution < 1.29 is 0 Å². The lowest BCUT2D eigenvalue weighted by molar-refractivity contribution is 0.362. The molecule has 0 unspecified atom stereocenters. The van der Waals surface area contributed by atoms with Gasteiger partial charge in [0.2, 0.25) is 0 Å². The van der Waals surface area contributed by atoms with Crippen LogP contribution in [-0.4, -0.2) is 9.78 Å². The molecule has 22 heavy (non-hydrogen) atoms. The van der Waals surface area contributed by atoms with E-state index in [0.29, 0.717) is 5.41 Å². The number of aromatic nitrogens is 2. The molecule has 2 heterocycles. The van der Waals surface area contributed by atoms with Gasteiger partial charge in [-0.2, -0.15) is 5.10 Å². The van der Waals surface area contributed by atoms with Crippen molar-refractivity contribution in [1.82, 2.24) is 9.78 Å². The first-order valence-electron chi connectivity index (χ1n) is 9.76. The summed E-state index contributed by atoms with van der Waals surface area (Å²) in [5, 5.41) is 4.67. The Morgan fingerprint density at radius 1 is 1.00 bits per heavy atom. The van der Waals surface area contributed by atoms with Crippen LogP contribution in [0, 0.1) is 0 Å². The minimum absolute atomic E-state index is 0.361. The van der Waals surface area contributed by atoms with Gasteiger partial charge in [0.15, 0.2) is 0 Å². The van der Waals surface area contributed by atoms with Gasteiger partial charge in [0.25, 0.3) is 0 Å². The van der Waals surface area contributed by atoms with Gasteiger partial charge in [-0.1, -0.05) is 72.1 Å². The van der Waals surface area contributed by atoms with E-state index in [1.165, 1.54) is 77.0 Å². The van der Waals surface area contributed by atoms with Crippen LogP contribution in [0.5, 0.6) is 0 Å². The van der Waals surface area contributed by atoms with Crippen molar-refractivity contribution in [2.24, 2.45) is 0 Å². The van der Waals surface area contributed by atoms with Crippen molar-refractivity contribution >= 4 is 0 Å². The number of rotatable bonds is 11. The van der Waals surface area contributed by atoms with E-state index in [1.807, 2.05) is 0 Å². The van der Waals surface area contributed by atoms with Crippen molar-refractivity contribution in [2.45, 2.75) is 110 Å². The highest BCUT2D eigenvalue weighted by molar-refractivity contribution is 5.29. The fraction of sp³-hybridized carbons (Fsp3) is 0.850. The molecular formula is C20H36N2. The van der Waals surface area contributed by atoms with Crippen LogP contribution in [0.3, 0.4) is 0 Å². The van der Waals surface area contributed by atoms with Gasteiger partial charge in [0.05, 0.1) is 6.20 Å². The van der Waals surface area contributed by atoms with Crippen molar-refractivity contribution in [3.05, 3.63) is 17.5 Å². The van der Waals surface area contributed by atoms with Gasteiger partial charge < -0.3 is 0 Å². The molecule has 1 aromatic rings. The normalized spacial score (nSPS) is 14.5. The first-order valence-corrected chi connectivity index (χ1v) is 9.76. The molecule has 0 aromatic carbocycles. The molecule has 0 saturated heterocycles. The van der Waals surface area contributed by atoms with Crippen molar-refractivity contribution in [2.75, 3.05) is 0 Å². The van der Waals surface area contributed by atoms with E-state index in [4.69, 9.17) is 0 Å². The first-order chi connectivity index (χ1) is 10.7. The monoisotopic (exact) mass is 304 g/mol. The van der Waals surface area contributed by atoms with Crippen LogP contribution in [-0.2, 0) is 18.4 Å². The van der Waals surface area contributed by atoms with E-state index in [9.17, 15) is 0 Å². The Hall–Kier alpha value is -0.790. The number of hydrogen-bond donors (Lipinski definition) is 0. The summed E-state index contributed by atoms with van der Waals surface area (Å²) in [6, 6.07) is 0. The van der Waals surface area contributed by atoms with Gasteiger partial charge in [-0.25, -0.2) is 0 Å². The van der Waals surface area contributed by atoms with Crippen LogP contribution in [0.15, 0.2) is 6.20 Å². The van der Waals surface area contributed by atoms with E-state index < -0.39 is 0 Å². The molecule has 2 heteroatoms. The smallest absolute Gasteiger partial charge is 0.0530 e. The molecule has 0 spiro atoms. The maximum absolute atomic E-state index is 4.67. The van der Waals surface area contributed by atoms with Crippen LogP contribution < -0.4 is 0 Å². The van der Waals surface area contributed by atoms with Gasteiger partial charge in [0, 0.05) is 12.2 Å². The van der Waals surface area contributed by atoms with Crippen LogP contribution in [0.1, 0.15) is 103 Å². The molecule has 126 valence electrons. The molecule has 1 aliphatic heterocycles. The van der Waals surface area contributed by atoms with E-state index >= 15 is 0 Å². The third-order valence-corrected chi connectivity index (χ3v) is 5.55. The summed E-state index contributed by atoms with van der Waals surface area (Å²) in [5.41, 5.74) is 3.49. The van der Waals surface area contributed by atoms with Gasteiger partial charge in [-0.15, -0.1) is 0 Å². The highest BCUT2D eigenvalue weighted by atomic mass is 15.3. The molecule has 1 aromatic heterocycles. The molecule has 0 fully saturated rings. The van der Waals surface area contributed by atoms with Crippen molar-refractivity contribution in [3.8, 4) is 0 Å². The maximum atomic E-state index is 4.67. The molecular weight excluding hydrogens is 268 g/mol. The average molecular weight is 305 g/mol. The molecule has 0 atom stereocenters. The van der Waals surface area contributed by atoms with Gasteiger partial charge in [-0.05, 0) is 36.7 Å². The van der Waals surface area contributed by atoms with Gasteiger partial charge in [0.1, 0.15) is 0 Å². The van der Waals surface area contributed by atoms with Crippen LogP contribution >= 0.6 is 0 Å². The molecule has 0 N–H and O–H groups in total. The Kier molecular flexibility index (Phi) is 6.98. The Morgan fingerprint density at radius 3 is 2.23 bits per heavy atom. The van der Waals surface area contributed by atoms with Crippen LogP contribution in [0.2, 0.25) is 0 Å². The predicted octanol–water partition coefficient (Wildman–Crippen LogP) is 6.03. The summed E-state index contributed by atoms with van der Waals surface area (Å²) in [6.07, 6.45) is 18.4. The molecule has 0 radical (unpaired) electrons. The molecule has 1 aliphatic rings. The minimum atomic E-state index is 0.361. The summed E-state index contributed by atoms with van der Waals surface area (Å²) in [7, 11) is 0. The van der Waals surface area contributed by atoms with Crippen LogP contribution in [0.25, 0.3) is 0 Å². The second-order valence-electron chi connectivity index (χ2n) is 7.51. The highest BCUT2D eigenvalue weighted by Crippen LogP contribution is 2.38. The lowest BCUT2D eigenvalue weighted by Crippen LogP contribution is -2.23. The quantitative estimate of drug-likeness (QED) is 0.456. The van der Waals surface area contributed by atoms with Crippen LogP contribution in [0.4, 0.5) is 0 Å². The maximum Gasteiger partial charge on any atom is 0.0530 e. The zero-order valence-electron chi connectivity index (χ0n) is 15.2. The summed E-state index contributed by atoms with van der Waals surface area (Å²) in [4.78, 5) is 0. The van der Waals surface area contributed by atoms with Crippen molar-refractivity contribution in [1.29, 1.82) is 0 Å². The minimum Gasteiger partial charge on any atom is -0.269 e. The fourth-order valence-corrected chi connectivity index (χ4v) is 4.05. The number of nitrogens with zero attached hydrogens (tertiary/aromatic N) is 2. The Bertz CT molecular complexity index is 421. The van der Waals surface area contributed by atoms with Gasteiger partial charge >= 0.3 is 0 Å². The van der Waals surface area contributed by atoms with Gasteiger partial charge in [-0.3, -0.25) is 4.68 Å². The lowest BCUT2D eigenvalue weighted by atomic mass is 9.74. The van der Waals surface area contributed by atoms with E-state index in [0.717, 1.165) is 6.54 Å². The largest absolute Gasteiger partial charge is 0.269 e. The number of hydrogen-bond acceptors (Lipinski definition) is 1. The number of unbranched alkanes of at least 4 members (excludes halogenated alkanes) is 6. The Morgan fingerprint density at radius 2 is 1.64 bits per heavy atom. The topological polar surface area (TPSA) is 17.8 Å². The van der Waals surface area contributed by atoms with E-state index in [2.05, 4.69) is 36.7 Å². The Balaban J connectivity index is 2.02. The fourth-order valence-electron chi connectivity index (χ4n) is 4.05. The zero-order chi connectivity index (χ0) is 15.8. The molecule has 0 bridgehead atoms. The third-order valence-electron chi connectivity index (χ3n) is 5.55. The second kappa shape index (κ2) is 8.74. The standard InChI is InChI=1S/C20H36N2/c1-4-6-8-10-14-20(3,15-11-9-7-5-2)18-17-21-22-16-12-13-19(18)22/h17H,4-16H2,1-3H3. The highest BCUT2D eigenvalue weighted by Gasteiger charge is 2.31. The number of fused-ring (bicyclic) bond motifs is 1. The summed E-state index contributed by atoms with van der Waals surface area (Å²) < 4.78 is 2.27. The lowest BCUT2D eigenvalue weighted by Gasteiger charge is -2.30. The molecule has 2 nitrogen and oxygen atoms in total. The van der Waals surface area contributed by atoms with E-state index in [1.54, 1.807) is 11.3 Å². The number of aryl methyl sites for hydroxylation is 1. The predicted molar refractivity (Wildman–Crippen MR) is 95.4 cm³/mol. The van der Waals surface area contributed by atoms with Crippen molar-refractivity contribution in [3.63, 3.8) is 0 Å². The molecule has 0 aliphatic carbocycles. The Labute approximate surface area is 137 Å². The third kappa shape index (κ3) is 4.36. The zero-order valence-corrected chi connectivity index (χ0v) is 15.2.